The largest absolute Gasteiger partial charge is 0.501 e. The fraction of sp³-hybridized carbons (Fsp3) is 0.222. The number of ketones is 1. The summed E-state index contributed by atoms with van der Waals surface area (Å²) >= 11 is 6.19. The zero-order valence-electron chi connectivity index (χ0n) is 14.7. The van der Waals surface area contributed by atoms with Crippen molar-refractivity contribution in [3.05, 3.63) is 68.9 Å². The van der Waals surface area contributed by atoms with E-state index in [-0.39, 0.29) is 18.1 Å². The van der Waals surface area contributed by atoms with Gasteiger partial charge >= 0.3 is 0 Å². The van der Waals surface area contributed by atoms with E-state index in [1.54, 1.807) is 18.0 Å². The zero-order valence-corrected chi connectivity index (χ0v) is 15.5. The minimum atomic E-state index is -0.709. The van der Waals surface area contributed by atoms with Gasteiger partial charge in [0, 0.05) is 37.6 Å². The topological polar surface area (TPSA) is 101 Å². The molecule has 0 unspecified atom stereocenters. The third-order valence-electron chi connectivity index (χ3n) is 4.06. The van der Waals surface area contributed by atoms with E-state index in [4.69, 9.17) is 16.1 Å². The lowest BCUT2D eigenvalue weighted by molar-refractivity contribution is 0.0984. The van der Waals surface area contributed by atoms with Crippen LogP contribution in [0.5, 0.6) is 5.75 Å². The van der Waals surface area contributed by atoms with Crippen LogP contribution in [0, 0.1) is 0 Å². The van der Waals surface area contributed by atoms with Crippen LogP contribution in [0.2, 0.25) is 5.02 Å². The molecule has 0 amide bonds. The predicted octanol–water partition coefficient (Wildman–Crippen LogP) is 2.19. The first-order valence-electron chi connectivity index (χ1n) is 8.04. The molecule has 2 aromatic heterocycles. The Labute approximate surface area is 159 Å². The molecule has 0 aliphatic heterocycles. The molecule has 27 heavy (non-hydrogen) atoms. The number of rotatable bonds is 6. The molecule has 0 fully saturated rings. The number of carbonyl (C=O) groups excluding carboxylic acids is 1. The summed E-state index contributed by atoms with van der Waals surface area (Å²) in [5.74, 6) is -0.971. The average Bonchev–Trinajstić information content (AvgIpc) is 3.14. The monoisotopic (exact) mass is 388 g/mol. The Morgan fingerprint density at radius 1 is 1.37 bits per heavy atom. The summed E-state index contributed by atoms with van der Waals surface area (Å²) in [4.78, 5) is 30.8. The van der Waals surface area contributed by atoms with E-state index >= 15 is 0 Å². The molecule has 2 heterocycles. The summed E-state index contributed by atoms with van der Waals surface area (Å²) in [5.41, 5.74) is 0.356. The second kappa shape index (κ2) is 7.63. The van der Waals surface area contributed by atoms with Crippen LogP contribution >= 0.6 is 11.6 Å². The smallest absolute Gasteiger partial charge is 0.297 e. The molecule has 1 N–H and O–H groups in total. The highest BCUT2D eigenvalue weighted by Crippen LogP contribution is 2.21. The Morgan fingerprint density at radius 2 is 2.11 bits per heavy atom. The highest BCUT2D eigenvalue weighted by molar-refractivity contribution is 6.31. The lowest BCUT2D eigenvalue weighted by atomic mass is 10.1. The van der Waals surface area contributed by atoms with Gasteiger partial charge in [-0.05, 0) is 11.6 Å². The van der Waals surface area contributed by atoms with Crippen molar-refractivity contribution in [2.24, 2.45) is 7.05 Å². The summed E-state index contributed by atoms with van der Waals surface area (Å²) in [6, 6.07) is 7.30. The maximum absolute atomic E-state index is 12.5. The molecular formula is C18H17ClN4O4. The summed E-state index contributed by atoms with van der Waals surface area (Å²) in [7, 11) is 3.19. The zero-order chi connectivity index (χ0) is 19.6. The first-order chi connectivity index (χ1) is 12.9. The molecule has 0 radical (unpaired) electrons. The van der Waals surface area contributed by atoms with Crippen LogP contribution in [0.15, 0.2) is 46.0 Å². The number of aromatic nitrogens is 3. The van der Waals surface area contributed by atoms with Crippen molar-refractivity contribution in [3.63, 3.8) is 0 Å². The van der Waals surface area contributed by atoms with E-state index in [1.807, 2.05) is 18.2 Å². The van der Waals surface area contributed by atoms with Crippen molar-refractivity contribution >= 4 is 23.3 Å². The molecule has 140 valence electrons. The van der Waals surface area contributed by atoms with Gasteiger partial charge < -0.3 is 14.5 Å². The number of aromatic hydroxyl groups is 1. The molecule has 0 saturated heterocycles. The van der Waals surface area contributed by atoms with Gasteiger partial charge in [0.05, 0.1) is 6.20 Å². The van der Waals surface area contributed by atoms with Gasteiger partial charge in [-0.3, -0.25) is 14.2 Å². The SMILES string of the molecule is CN(Cc1ccccc1Cl)c1nc(C(=O)Cc2cnoc2)c(O)c(=O)n1C. The predicted molar refractivity (Wildman–Crippen MR) is 99.2 cm³/mol. The quantitative estimate of drug-likeness (QED) is 0.646. The number of halogens is 1. The van der Waals surface area contributed by atoms with Crippen molar-refractivity contribution in [2.75, 3.05) is 11.9 Å². The second-order valence-corrected chi connectivity index (χ2v) is 6.46. The van der Waals surface area contributed by atoms with E-state index in [0.29, 0.717) is 17.1 Å². The molecular weight excluding hydrogens is 372 g/mol. The molecule has 0 bridgehead atoms. The Hall–Kier alpha value is -3.13. The van der Waals surface area contributed by atoms with Gasteiger partial charge in [0.15, 0.2) is 11.5 Å². The average molecular weight is 389 g/mol. The van der Waals surface area contributed by atoms with E-state index in [0.717, 1.165) is 5.56 Å². The van der Waals surface area contributed by atoms with Crippen molar-refractivity contribution in [2.45, 2.75) is 13.0 Å². The van der Waals surface area contributed by atoms with Crippen molar-refractivity contribution in [3.8, 4) is 5.75 Å². The van der Waals surface area contributed by atoms with Gasteiger partial charge in [-0.2, -0.15) is 0 Å². The highest BCUT2D eigenvalue weighted by Gasteiger charge is 2.22. The second-order valence-electron chi connectivity index (χ2n) is 6.05. The molecule has 0 aliphatic carbocycles. The minimum absolute atomic E-state index is 0.0924. The maximum atomic E-state index is 12.5. The molecule has 3 rings (SSSR count). The minimum Gasteiger partial charge on any atom is -0.501 e. The van der Waals surface area contributed by atoms with Crippen LogP contribution in [0.1, 0.15) is 21.6 Å². The van der Waals surface area contributed by atoms with Crippen LogP contribution in [0.4, 0.5) is 5.95 Å². The molecule has 3 aromatic rings. The Balaban J connectivity index is 1.95. The summed E-state index contributed by atoms with van der Waals surface area (Å²) in [6.07, 6.45) is 2.62. The van der Waals surface area contributed by atoms with E-state index in [2.05, 4.69) is 10.1 Å². The number of nitrogens with zero attached hydrogens (tertiary/aromatic N) is 4. The van der Waals surface area contributed by atoms with Gasteiger partial charge in [0.25, 0.3) is 5.56 Å². The number of hydrogen-bond acceptors (Lipinski definition) is 7. The van der Waals surface area contributed by atoms with Crippen LogP contribution in [0.3, 0.4) is 0 Å². The lowest BCUT2D eigenvalue weighted by Gasteiger charge is -2.22. The van der Waals surface area contributed by atoms with Crippen LogP contribution < -0.4 is 10.5 Å². The standard InChI is InChI=1S/C18H17ClN4O4/c1-22(9-12-5-3-4-6-13(12)19)18-21-15(16(25)17(26)23(18)2)14(24)7-11-8-20-27-10-11/h3-6,8,10,25H,7,9H2,1-2H3. The van der Waals surface area contributed by atoms with Crippen molar-refractivity contribution in [1.82, 2.24) is 14.7 Å². The number of benzene rings is 1. The summed E-state index contributed by atoms with van der Waals surface area (Å²) in [5, 5.41) is 14.2. The van der Waals surface area contributed by atoms with Crippen LogP contribution in [-0.2, 0) is 20.0 Å². The van der Waals surface area contributed by atoms with Crippen LogP contribution in [0.25, 0.3) is 0 Å². The molecule has 1 aromatic carbocycles. The molecule has 0 atom stereocenters. The van der Waals surface area contributed by atoms with E-state index in [9.17, 15) is 14.7 Å². The summed E-state index contributed by atoms with van der Waals surface area (Å²) < 4.78 is 5.88. The Kier molecular flexibility index (Phi) is 5.27. The number of hydrogen-bond donors (Lipinski definition) is 1. The summed E-state index contributed by atoms with van der Waals surface area (Å²) in [6.45, 7) is 0.365. The van der Waals surface area contributed by atoms with E-state index < -0.39 is 17.1 Å². The molecule has 9 heteroatoms. The molecule has 0 spiro atoms. The highest BCUT2D eigenvalue weighted by atomic mass is 35.5. The normalized spacial score (nSPS) is 10.8. The first-order valence-corrected chi connectivity index (χ1v) is 8.42. The van der Waals surface area contributed by atoms with Gasteiger partial charge in [-0.1, -0.05) is 35.0 Å². The number of Topliss-reactive ketones (excluding diaryl/α,β-unsaturated/α-hetero) is 1. The maximum Gasteiger partial charge on any atom is 0.297 e. The third kappa shape index (κ3) is 3.85. The van der Waals surface area contributed by atoms with Gasteiger partial charge in [0.2, 0.25) is 11.7 Å². The Morgan fingerprint density at radius 3 is 2.78 bits per heavy atom. The Bertz CT molecular complexity index is 1030. The molecule has 0 aliphatic rings. The van der Waals surface area contributed by atoms with Crippen molar-refractivity contribution < 1.29 is 14.4 Å². The molecule has 8 nitrogen and oxygen atoms in total. The first kappa shape index (κ1) is 18.7. The fourth-order valence-electron chi connectivity index (χ4n) is 2.65. The van der Waals surface area contributed by atoms with Gasteiger partial charge in [-0.25, -0.2) is 4.98 Å². The molecule has 0 saturated carbocycles. The third-order valence-corrected chi connectivity index (χ3v) is 4.43. The van der Waals surface area contributed by atoms with Gasteiger partial charge in [-0.15, -0.1) is 0 Å². The van der Waals surface area contributed by atoms with Crippen molar-refractivity contribution in [1.29, 1.82) is 0 Å². The lowest BCUT2D eigenvalue weighted by Crippen LogP contribution is -2.30. The van der Waals surface area contributed by atoms with E-state index in [1.165, 1.54) is 24.1 Å². The van der Waals surface area contributed by atoms with Gasteiger partial charge in [0.1, 0.15) is 6.26 Å². The van der Waals surface area contributed by atoms with Crippen LogP contribution in [-0.4, -0.2) is 32.6 Å². The number of anilines is 1. The fourth-order valence-corrected chi connectivity index (χ4v) is 2.85. The number of carbonyl (C=O) groups is 1.